The number of nitrogens with one attached hydrogen (secondary N) is 1. The first kappa shape index (κ1) is 17.1. The molecule has 1 heterocycles. The third kappa shape index (κ3) is 3.71. The van der Waals surface area contributed by atoms with Gasteiger partial charge in [-0.15, -0.1) is 0 Å². The first-order valence-electron chi connectivity index (χ1n) is 7.73. The number of carbonyl (C=O) groups is 1. The van der Waals surface area contributed by atoms with Crippen LogP contribution in [0.4, 0.5) is 5.69 Å². The molecule has 0 radical (unpaired) electrons. The van der Waals surface area contributed by atoms with Gasteiger partial charge in [-0.3, -0.25) is 4.79 Å². The second kappa shape index (κ2) is 6.67. The van der Waals surface area contributed by atoms with E-state index in [0.717, 1.165) is 17.4 Å². The summed E-state index contributed by atoms with van der Waals surface area (Å²) in [5, 5.41) is 11.7. The molecule has 1 N–H and O–H groups in total. The smallest absolute Gasteiger partial charge is 0.243 e. The molecule has 1 aliphatic rings. The number of fused-ring (bicyclic) bond motifs is 1. The predicted octanol–water partition coefficient (Wildman–Crippen LogP) is 1.88. The van der Waals surface area contributed by atoms with E-state index in [0.29, 0.717) is 17.7 Å². The van der Waals surface area contributed by atoms with Gasteiger partial charge in [0, 0.05) is 12.2 Å². The third-order valence-electron chi connectivity index (χ3n) is 4.19. The minimum Gasteiger partial charge on any atom is -0.325 e. The number of anilines is 1. The molecule has 7 heteroatoms. The second-order valence-corrected chi connectivity index (χ2v) is 7.91. The summed E-state index contributed by atoms with van der Waals surface area (Å²) in [4.78, 5) is 12.7. The standard InChI is InChI=1S/C18H17N3O3S/c1-25(23,24)21-12-15-7-3-2-6-14(15)10-17(21)18(22)20-16-8-4-5-13(9-16)11-19/h2-9,17H,10,12H2,1H3,(H,20,22)/t17-/m1/s1. The molecule has 0 saturated heterocycles. The summed E-state index contributed by atoms with van der Waals surface area (Å²) >= 11 is 0. The lowest BCUT2D eigenvalue weighted by atomic mass is 9.95. The SMILES string of the molecule is CS(=O)(=O)N1Cc2ccccc2C[C@@H]1C(=O)Nc1cccc(C#N)c1. The van der Waals surface area contributed by atoms with E-state index >= 15 is 0 Å². The van der Waals surface area contributed by atoms with Gasteiger partial charge in [0.25, 0.3) is 0 Å². The Morgan fingerprint density at radius 1 is 1.20 bits per heavy atom. The van der Waals surface area contributed by atoms with Crippen molar-refractivity contribution in [3.63, 3.8) is 0 Å². The lowest BCUT2D eigenvalue weighted by molar-refractivity contribution is -0.120. The number of nitrogens with zero attached hydrogens (tertiary/aromatic N) is 2. The van der Waals surface area contributed by atoms with E-state index in [9.17, 15) is 13.2 Å². The molecule has 0 unspecified atom stereocenters. The summed E-state index contributed by atoms with van der Waals surface area (Å²) in [6.07, 6.45) is 1.42. The van der Waals surface area contributed by atoms with Crippen molar-refractivity contribution in [2.24, 2.45) is 0 Å². The van der Waals surface area contributed by atoms with Crippen LogP contribution in [0.5, 0.6) is 0 Å². The normalized spacial score (nSPS) is 17.4. The molecule has 6 nitrogen and oxygen atoms in total. The van der Waals surface area contributed by atoms with Crippen molar-refractivity contribution in [1.29, 1.82) is 5.26 Å². The molecule has 0 aliphatic carbocycles. The van der Waals surface area contributed by atoms with Crippen LogP contribution in [0.15, 0.2) is 48.5 Å². The van der Waals surface area contributed by atoms with Crippen molar-refractivity contribution in [3.05, 3.63) is 65.2 Å². The van der Waals surface area contributed by atoms with Gasteiger partial charge >= 0.3 is 0 Å². The molecule has 0 saturated carbocycles. The maximum Gasteiger partial charge on any atom is 0.243 e. The molecule has 3 rings (SSSR count). The van der Waals surface area contributed by atoms with E-state index in [1.54, 1.807) is 24.3 Å². The number of nitriles is 1. The topological polar surface area (TPSA) is 90.3 Å². The van der Waals surface area contributed by atoms with Crippen LogP contribution >= 0.6 is 0 Å². The summed E-state index contributed by atoms with van der Waals surface area (Å²) in [7, 11) is -3.55. The van der Waals surface area contributed by atoms with Gasteiger partial charge in [0.2, 0.25) is 15.9 Å². The van der Waals surface area contributed by atoms with Crippen molar-refractivity contribution in [2.75, 3.05) is 11.6 Å². The summed E-state index contributed by atoms with van der Waals surface area (Å²) in [5.41, 5.74) is 2.76. The average Bonchev–Trinajstić information content (AvgIpc) is 2.60. The van der Waals surface area contributed by atoms with Gasteiger partial charge in [-0.1, -0.05) is 30.3 Å². The lowest BCUT2D eigenvalue weighted by Gasteiger charge is -2.34. The Hall–Kier alpha value is -2.69. The maximum absolute atomic E-state index is 12.7. The maximum atomic E-state index is 12.7. The molecular formula is C18H17N3O3S. The quantitative estimate of drug-likeness (QED) is 0.910. The zero-order chi connectivity index (χ0) is 18.0. The molecule has 128 valence electrons. The fourth-order valence-corrected chi connectivity index (χ4v) is 3.97. The van der Waals surface area contributed by atoms with E-state index in [1.807, 2.05) is 30.3 Å². The van der Waals surface area contributed by atoms with E-state index in [2.05, 4.69) is 5.32 Å². The average molecular weight is 355 g/mol. The molecule has 2 aromatic rings. The first-order chi connectivity index (χ1) is 11.9. The van der Waals surface area contributed by atoms with Gasteiger partial charge in [0.15, 0.2) is 0 Å². The molecule has 1 amide bonds. The Bertz CT molecular complexity index is 964. The number of benzene rings is 2. The highest BCUT2D eigenvalue weighted by Crippen LogP contribution is 2.26. The van der Waals surface area contributed by atoms with Gasteiger partial charge in [-0.25, -0.2) is 8.42 Å². The summed E-state index contributed by atoms with van der Waals surface area (Å²) in [5.74, 6) is -0.407. The van der Waals surface area contributed by atoms with E-state index in [1.165, 1.54) is 4.31 Å². The number of amides is 1. The van der Waals surface area contributed by atoms with Gasteiger partial charge < -0.3 is 5.32 Å². The molecule has 2 aromatic carbocycles. The van der Waals surface area contributed by atoms with Crippen molar-refractivity contribution < 1.29 is 13.2 Å². The highest BCUT2D eigenvalue weighted by molar-refractivity contribution is 7.88. The van der Waals surface area contributed by atoms with Crippen LogP contribution in [-0.2, 0) is 27.8 Å². The molecule has 0 aromatic heterocycles. The summed E-state index contributed by atoms with van der Waals surface area (Å²) < 4.78 is 25.6. The fourth-order valence-electron chi connectivity index (χ4n) is 2.96. The predicted molar refractivity (Wildman–Crippen MR) is 94.1 cm³/mol. The van der Waals surface area contributed by atoms with Crippen LogP contribution in [0, 0.1) is 11.3 Å². The number of hydrogen-bond donors (Lipinski definition) is 1. The van der Waals surface area contributed by atoms with Crippen LogP contribution in [0.3, 0.4) is 0 Å². The van der Waals surface area contributed by atoms with Crippen LogP contribution in [0.25, 0.3) is 0 Å². The van der Waals surface area contributed by atoms with Crippen molar-refractivity contribution >= 4 is 21.6 Å². The van der Waals surface area contributed by atoms with Crippen LogP contribution in [0.2, 0.25) is 0 Å². The highest BCUT2D eigenvalue weighted by atomic mass is 32.2. The molecule has 25 heavy (non-hydrogen) atoms. The zero-order valence-electron chi connectivity index (χ0n) is 13.6. The Morgan fingerprint density at radius 3 is 2.60 bits per heavy atom. The third-order valence-corrected chi connectivity index (χ3v) is 5.43. The van der Waals surface area contributed by atoms with Crippen molar-refractivity contribution in [3.8, 4) is 6.07 Å². The second-order valence-electron chi connectivity index (χ2n) is 5.98. The van der Waals surface area contributed by atoms with Crippen LogP contribution in [0.1, 0.15) is 16.7 Å². The minimum atomic E-state index is -3.55. The number of rotatable bonds is 3. The van der Waals surface area contributed by atoms with E-state index < -0.39 is 22.0 Å². The van der Waals surface area contributed by atoms with Gasteiger partial charge in [-0.2, -0.15) is 9.57 Å². The van der Waals surface area contributed by atoms with Gasteiger partial charge in [0.05, 0.1) is 17.9 Å². The molecule has 0 bridgehead atoms. The Labute approximate surface area is 146 Å². The lowest BCUT2D eigenvalue weighted by Crippen LogP contribution is -2.50. The molecule has 1 atom stereocenters. The first-order valence-corrected chi connectivity index (χ1v) is 9.58. The minimum absolute atomic E-state index is 0.172. The van der Waals surface area contributed by atoms with Gasteiger partial charge in [-0.05, 0) is 35.7 Å². The van der Waals surface area contributed by atoms with Crippen LogP contribution < -0.4 is 5.32 Å². The fraction of sp³-hybridized carbons (Fsp3) is 0.222. The monoisotopic (exact) mass is 355 g/mol. The van der Waals surface area contributed by atoms with Crippen molar-refractivity contribution in [1.82, 2.24) is 4.31 Å². The molecule has 1 aliphatic heterocycles. The Kier molecular flexibility index (Phi) is 4.57. The summed E-state index contributed by atoms with van der Waals surface area (Å²) in [6.45, 7) is 0.172. The number of carbonyl (C=O) groups excluding carboxylic acids is 1. The van der Waals surface area contributed by atoms with E-state index in [4.69, 9.17) is 5.26 Å². The number of sulfonamides is 1. The largest absolute Gasteiger partial charge is 0.325 e. The molecule has 0 fully saturated rings. The molecular weight excluding hydrogens is 338 g/mol. The van der Waals surface area contributed by atoms with Crippen LogP contribution in [-0.4, -0.2) is 30.9 Å². The Balaban J connectivity index is 1.90. The summed E-state index contributed by atoms with van der Waals surface area (Å²) in [6, 6.07) is 15.2. The zero-order valence-corrected chi connectivity index (χ0v) is 14.5. The highest BCUT2D eigenvalue weighted by Gasteiger charge is 2.36. The van der Waals surface area contributed by atoms with Gasteiger partial charge in [0.1, 0.15) is 6.04 Å². The van der Waals surface area contributed by atoms with E-state index in [-0.39, 0.29) is 6.54 Å². The Morgan fingerprint density at radius 2 is 1.92 bits per heavy atom. The molecule has 0 spiro atoms. The van der Waals surface area contributed by atoms with Crippen molar-refractivity contribution in [2.45, 2.75) is 19.0 Å². The number of hydrogen-bond acceptors (Lipinski definition) is 4.